The first-order chi connectivity index (χ1) is 8.18. The van der Waals surface area contributed by atoms with Gasteiger partial charge in [0.2, 0.25) is 0 Å². The van der Waals surface area contributed by atoms with E-state index in [0.717, 1.165) is 25.4 Å². The molecule has 100 valence electrons. The number of nitrogens with one attached hydrogen (secondary N) is 1. The lowest BCUT2D eigenvalue weighted by molar-refractivity contribution is 0.600. The van der Waals surface area contributed by atoms with Crippen LogP contribution in [0.3, 0.4) is 0 Å². The maximum Gasteiger partial charge on any atom is 0.177 e. The summed E-state index contributed by atoms with van der Waals surface area (Å²) in [6.07, 6.45) is 4.16. The van der Waals surface area contributed by atoms with Gasteiger partial charge in [-0.2, -0.15) is 0 Å². The molecule has 1 aromatic carbocycles. The predicted molar refractivity (Wildman–Crippen MR) is 69.3 cm³/mol. The van der Waals surface area contributed by atoms with Gasteiger partial charge in [-0.05, 0) is 31.0 Å². The van der Waals surface area contributed by atoms with E-state index < -0.39 is 19.7 Å². The number of anilines is 1. The summed E-state index contributed by atoms with van der Waals surface area (Å²) in [7, 11) is -6.87. The fraction of sp³-hybridized carbons (Fsp3) is 0.455. The molecule has 7 heteroatoms. The van der Waals surface area contributed by atoms with Crippen molar-refractivity contribution in [3.05, 3.63) is 18.2 Å². The molecule has 0 bridgehead atoms. The van der Waals surface area contributed by atoms with E-state index in [2.05, 4.69) is 5.32 Å². The van der Waals surface area contributed by atoms with E-state index in [4.69, 9.17) is 0 Å². The topological polar surface area (TPSA) is 80.3 Å². The first kappa shape index (κ1) is 13.4. The van der Waals surface area contributed by atoms with E-state index in [0.29, 0.717) is 11.7 Å². The molecule has 1 aliphatic rings. The molecule has 0 aliphatic heterocycles. The molecule has 0 saturated heterocycles. The third-order valence-electron chi connectivity index (χ3n) is 2.72. The molecule has 1 aromatic rings. The van der Waals surface area contributed by atoms with Gasteiger partial charge in [0.1, 0.15) is 0 Å². The third-order valence-corrected chi connectivity index (χ3v) is 4.96. The summed E-state index contributed by atoms with van der Waals surface area (Å²) in [5.41, 5.74) is 0.479. The number of sulfone groups is 2. The van der Waals surface area contributed by atoms with Crippen LogP contribution in [0.25, 0.3) is 0 Å². The van der Waals surface area contributed by atoms with Gasteiger partial charge >= 0.3 is 0 Å². The van der Waals surface area contributed by atoms with Crippen LogP contribution in [-0.2, 0) is 19.7 Å². The fourth-order valence-corrected chi connectivity index (χ4v) is 3.20. The van der Waals surface area contributed by atoms with Crippen molar-refractivity contribution in [2.45, 2.75) is 28.7 Å². The maximum atomic E-state index is 11.7. The molecule has 0 amide bonds. The van der Waals surface area contributed by atoms with E-state index in [1.54, 1.807) is 0 Å². The molecule has 0 aromatic heterocycles. The number of hydrogen-bond donors (Lipinski definition) is 1. The molecule has 0 radical (unpaired) electrons. The van der Waals surface area contributed by atoms with Gasteiger partial charge < -0.3 is 5.32 Å². The molecule has 2 rings (SSSR count). The maximum absolute atomic E-state index is 11.7. The van der Waals surface area contributed by atoms with E-state index in [1.807, 2.05) is 0 Å². The zero-order valence-corrected chi connectivity index (χ0v) is 11.8. The lowest BCUT2D eigenvalue weighted by atomic mass is 10.3. The van der Waals surface area contributed by atoms with Crippen molar-refractivity contribution in [2.75, 3.05) is 17.8 Å². The number of rotatable bonds is 4. The standard InChI is InChI=1S/C11H15NO4S2/c1-17(13,14)9-5-6-10(12-8-3-4-8)11(7-9)18(2,15)16/h5-8,12H,3-4H2,1-2H3. The highest BCUT2D eigenvalue weighted by Gasteiger charge is 2.24. The minimum absolute atomic E-state index is 0.0178. The summed E-state index contributed by atoms with van der Waals surface area (Å²) < 4.78 is 46.3. The highest BCUT2D eigenvalue weighted by molar-refractivity contribution is 7.91. The Bertz CT molecular complexity index is 673. The first-order valence-electron chi connectivity index (χ1n) is 5.48. The van der Waals surface area contributed by atoms with Crippen LogP contribution in [0.4, 0.5) is 5.69 Å². The van der Waals surface area contributed by atoms with Crippen molar-refractivity contribution in [1.29, 1.82) is 0 Å². The predicted octanol–water partition coefficient (Wildman–Crippen LogP) is 1.07. The lowest BCUT2D eigenvalue weighted by Crippen LogP contribution is -2.09. The van der Waals surface area contributed by atoms with Crippen LogP contribution < -0.4 is 5.32 Å². The second-order valence-electron chi connectivity index (χ2n) is 4.62. The normalized spacial score (nSPS) is 16.6. The molecular formula is C11H15NO4S2. The summed E-state index contributed by atoms with van der Waals surface area (Å²) in [4.78, 5) is 0.0570. The highest BCUT2D eigenvalue weighted by atomic mass is 32.2. The van der Waals surface area contributed by atoms with Crippen LogP contribution in [-0.4, -0.2) is 35.4 Å². The lowest BCUT2D eigenvalue weighted by Gasteiger charge is -2.11. The summed E-state index contributed by atoms with van der Waals surface area (Å²) in [5, 5.41) is 3.10. The Labute approximate surface area is 107 Å². The summed E-state index contributed by atoms with van der Waals surface area (Å²) >= 11 is 0. The number of benzene rings is 1. The van der Waals surface area contributed by atoms with Gasteiger partial charge in [-0.1, -0.05) is 0 Å². The average molecular weight is 289 g/mol. The Balaban J connectivity index is 2.54. The second-order valence-corrected chi connectivity index (χ2v) is 8.62. The highest BCUT2D eigenvalue weighted by Crippen LogP contribution is 2.30. The molecule has 18 heavy (non-hydrogen) atoms. The van der Waals surface area contributed by atoms with Crippen molar-refractivity contribution in [3.63, 3.8) is 0 Å². The Hall–Kier alpha value is -1.08. The quantitative estimate of drug-likeness (QED) is 0.896. The third kappa shape index (κ3) is 3.02. The van der Waals surface area contributed by atoms with Crippen LogP contribution in [0.2, 0.25) is 0 Å². The average Bonchev–Trinajstić information content (AvgIpc) is 2.98. The van der Waals surface area contributed by atoms with Gasteiger partial charge in [0, 0.05) is 18.6 Å². The molecule has 0 spiro atoms. The SMILES string of the molecule is CS(=O)(=O)c1ccc(NC2CC2)c(S(C)(=O)=O)c1. The molecule has 1 aliphatic carbocycles. The van der Waals surface area contributed by atoms with Crippen molar-refractivity contribution < 1.29 is 16.8 Å². The molecule has 5 nitrogen and oxygen atoms in total. The molecule has 0 atom stereocenters. The summed E-state index contributed by atoms with van der Waals surface area (Å²) in [6.45, 7) is 0. The molecular weight excluding hydrogens is 274 g/mol. The zero-order chi connectivity index (χ0) is 13.6. The smallest absolute Gasteiger partial charge is 0.177 e. The molecule has 1 fully saturated rings. The Morgan fingerprint density at radius 3 is 2.11 bits per heavy atom. The minimum Gasteiger partial charge on any atom is -0.381 e. The van der Waals surface area contributed by atoms with Gasteiger partial charge in [0.25, 0.3) is 0 Å². The van der Waals surface area contributed by atoms with Crippen molar-refractivity contribution in [1.82, 2.24) is 0 Å². The zero-order valence-electron chi connectivity index (χ0n) is 10.2. The molecule has 1 N–H and O–H groups in total. The van der Waals surface area contributed by atoms with E-state index in [9.17, 15) is 16.8 Å². The van der Waals surface area contributed by atoms with Crippen LogP contribution in [0.1, 0.15) is 12.8 Å². The van der Waals surface area contributed by atoms with Gasteiger partial charge in [-0.15, -0.1) is 0 Å². The Morgan fingerprint density at radius 2 is 1.67 bits per heavy atom. The van der Waals surface area contributed by atoms with Crippen molar-refractivity contribution >= 4 is 25.4 Å². The van der Waals surface area contributed by atoms with E-state index in [1.165, 1.54) is 18.2 Å². The monoisotopic (exact) mass is 289 g/mol. The van der Waals surface area contributed by atoms with Crippen LogP contribution in [0.15, 0.2) is 28.0 Å². The van der Waals surface area contributed by atoms with Gasteiger partial charge in [0.15, 0.2) is 19.7 Å². The summed E-state index contributed by atoms with van der Waals surface area (Å²) in [5.74, 6) is 0. The van der Waals surface area contributed by atoms with E-state index >= 15 is 0 Å². The molecule has 1 saturated carbocycles. The van der Waals surface area contributed by atoms with Crippen LogP contribution >= 0.6 is 0 Å². The molecule has 0 heterocycles. The second kappa shape index (κ2) is 4.24. The van der Waals surface area contributed by atoms with Crippen molar-refractivity contribution in [2.24, 2.45) is 0 Å². The van der Waals surface area contributed by atoms with Gasteiger partial charge in [-0.3, -0.25) is 0 Å². The van der Waals surface area contributed by atoms with Crippen molar-refractivity contribution in [3.8, 4) is 0 Å². The minimum atomic E-state index is -3.46. The fourth-order valence-electron chi connectivity index (χ4n) is 1.61. The number of hydrogen-bond acceptors (Lipinski definition) is 5. The van der Waals surface area contributed by atoms with Crippen LogP contribution in [0, 0.1) is 0 Å². The Morgan fingerprint density at radius 1 is 1.06 bits per heavy atom. The first-order valence-corrected chi connectivity index (χ1v) is 9.27. The van der Waals surface area contributed by atoms with E-state index in [-0.39, 0.29) is 9.79 Å². The van der Waals surface area contributed by atoms with Crippen LogP contribution in [0.5, 0.6) is 0 Å². The Kier molecular flexibility index (Phi) is 3.14. The van der Waals surface area contributed by atoms with Gasteiger partial charge in [-0.25, -0.2) is 16.8 Å². The largest absolute Gasteiger partial charge is 0.381 e. The van der Waals surface area contributed by atoms with Gasteiger partial charge in [0.05, 0.1) is 15.5 Å². The summed E-state index contributed by atoms with van der Waals surface area (Å²) in [6, 6.07) is 4.46. The molecule has 0 unspecified atom stereocenters.